The SMILES string of the molecule is COc1cc2c(N)nc(C)nc2n1C1(C)CC1. The van der Waals surface area contributed by atoms with Gasteiger partial charge in [-0.15, -0.1) is 0 Å². The summed E-state index contributed by atoms with van der Waals surface area (Å²) in [6.07, 6.45) is 2.30. The van der Waals surface area contributed by atoms with E-state index in [-0.39, 0.29) is 5.54 Å². The van der Waals surface area contributed by atoms with E-state index < -0.39 is 0 Å². The number of hydrogen-bond acceptors (Lipinski definition) is 4. The number of nitrogen functional groups attached to an aromatic ring is 1. The van der Waals surface area contributed by atoms with Crippen LogP contribution in [0.2, 0.25) is 0 Å². The summed E-state index contributed by atoms with van der Waals surface area (Å²) in [7, 11) is 1.67. The van der Waals surface area contributed by atoms with Gasteiger partial charge in [0.1, 0.15) is 17.3 Å². The van der Waals surface area contributed by atoms with Gasteiger partial charge in [-0.1, -0.05) is 0 Å². The minimum absolute atomic E-state index is 0.125. The van der Waals surface area contributed by atoms with Crippen LogP contribution < -0.4 is 10.5 Å². The summed E-state index contributed by atoms with van der Waals surface area (Å²) < 4.78 is 7.58. The number of hydrogen-bond donors (Lipinski definition) is 1. The number of ether oxygens (including phenoxy) is 1. The molecule has 0 atom stereocenters. The van der Waals surface area contributed by atoms with E-state index in [1.165, 1.54) is 0 Å². The molecule has 1 aliphatic carbocycles. The normalized spacial score (nSPS) is 17.4. The smallest absolute Gasteiger partial charge is 0.196 e. The molecule has 0 aromatic carbocycles. The zero-order valence-electron chi connectivity index (χ0n) is 10.3. The third-order valence-corrected chi connectivity index (χ3v) is 3.49. The van der Waals surface area contributed by atoms with E-state index in [2.05, 4.69) is 21.5 Å². The van der Waals surface area contributed by atoms with E-state index in [9.17, 15) is 0 Å². The Morgan fingerprint density at radius 3 is 2.71 bits per heavy atom. The molecule has 0 unspecified atom stereocenters. The molecule has 2 aromatic heterocycles. The summed E-state index contributed by atoms with van der Waals surface area (Å²) >= 11 is 0. The van der Waals surface area contributed by atoms with Crippen LogP contribution in [0.5, 0.6) is 5.88 Å². The Hall–Kier alpha value is -1.78. The van der Waals surface area contributed by atoms with Crippen molar-refractivity contribution in [1.29, 1.82) is 0 Å². The molecule has 0 spiro atoms. The Morgan fingerprint density at radius 2 is 2.12 bits per heavy atom. The van der Waals surface area contributed by atoms with Crippen LogP contribution in [0.15, 0.2) is 6.07 Å². The Bertz CT molecular complexity index is 598. The van der Waals surface area contributed by atoms with Crippen molar-refractivity contribution in [2.45, 2.75) is 32.2 Å². The van der Waals surface area contributed by atoms with Crippen molar-refractivity contribution < 1.29 is 4.74 Å². The van der Waals surface area contributed by atoms with Gasteiger partial charge in [0.15, 0.2) is 5.88 Å². The third-order valence-electron chi connectivity index (χ3n) is 3.49. The maximum Gasteiger partial charge on any atom is 0.196 e. The molecule has 17 heavy (non-hydrogen) atoms. The number of aromatic nitrogens is 3. The van der Waals surface area contributed by atoms with Gasteiger partial charge in [-0.25, -0.2) is 9.97 Å². The Labute approximate surface area is 99.6 Å². The lowest BCUT2D eigenvalue weighted by atomic mass is 10.3. The van der Waals surface area contributed by atoms with Gasteiger partial charge >= 0.3 is 0 Å². The van der Waals surface area contributed by atoms with Crippen molar-refractivity contribution in [2.75, 3.05) is 12.8 Å². The monoisotopic (exact) mass is 232 g/mol. The van der Waals surface area contributed by atoms with Gasteiger partial charge in [0.2, 0.25) is 0 Å². The number of nitrogens with zero attached hydrogens (tertiary/aromatic N) is 3. The molecule has 1 fully saturated rings. The van der Waals surface area contributed by atoms with E-state index >= 15 is 0 Å². The molecule has 0 radical (unpaired) electrons. The number of nitrogens with two attached hydrogens (primary N) is 1. The van der Waals surface area contributed by atoms with Gasteiger partial charge in [0, 0.05) is 11.6 Å². The number of rotatable bonds is 2. The number of anilines is 1. The third kappa shape index (κ3) is 1.38. The minimum Gasteiger partial charge on any atom is -0.482 e. The summed E-state index contributed by atoms with van der Waals surface area (Å²) in [6.45, 7) is 4.07. The van der Waals surface area contributed by atoms with Crippen LogP contribution in [0.4, 0.5) is 5.82 Å². The van der Waals surface area contributed by atoms with Crippen molar-refractivity contribution in [1.82, 2.24) is 14.5 Å². The van der Waals surface area contributed by atoms with Crippen LogP contribution in [-0.4, -0.2) is 21.6 Å². The molecule has 5 nitrogen and oxygen atoms in total. The molecule has 5 heteroatoms. The van der Waals surface area contributed by atoms with Crippen molar-refractivity contribution in [2.24, 2.45) is 0 Å². The van der Waals surface area contributed by atoms with Crippen molar-refractivity contribution in [3.8, 4) is 5.88 Å². The lowest BCUT2D eigenvalue weighted by Gasteiger charge is -2.15. The van der Waals surface area contributed by atoms with Crippen molar-refractivity contribution >= 4 is 16.9 Å². The second-order valence-corrected chi connectivity index (χ2v) is 4.91. The Kier molecular flexibility index (Phi) is 1.91. The molecule has 0 bridgehead atoms. The zero-order valence-corrected chi connectivity index (χ0v) is 10.3. The molecule has 2 aromatic rings. The van der Waals surface area contributed by atoms with Crippen molar-refractivity contribution in [3.63, 3.8) is 0 Å². The molecule has 2 heterocycles. The Morgan fingerprint density at radius 1 is 1.41 bits per heavy atom. The summed E-state index contributed by atoms with van der Waals surface area (Å²) in [6, 6.07) is 1.92. The molecule has 0 amide bonds. The van der Waals surface area contributed by atoms with Crippen LogP contribution in [0.3, 0.4) is 0 Å². The van der Waals surface area contributed by atoms with E-state index in [4.69, 9.17) is 10.5 Å². The van der Waals surface area contributed by atoms with Crippen LogP contribution >= 0.6 is 0 Å². The highest BCUT2D eigenvalue weighted by Gasteiger charge is 2.42. The standard InChI is InChI=1S/C12H16N4O/c1-7-14-10(13)8-6-9(17-3)16(11(8)15-7)12(2)4-5-12/h6H,4-5H2,1-3H3,(H2,13,14,15). The highest BCUT2D eigenvalue weighted by Crippen LogP contribution is 2.48. The second-order valence-electron chi connectivity index (χ2n) is 4.91. The quantitative estimate of drug-likeness (QED) is 0.858. The maximum atomic E-state index is 5.94. The van der Waals surface area contributed by atoms with E-state index in [0.717, 1.165) is 29.8 Å². The summed E-state index contributed by atoms with van der Waals surface area (Å²) in [5.74, 6) is 2.03. The van der Waals surface area contributed by atoms with E-state index in [1.54, 1.807) is 7.11 Å². The van der Waals surface area contributed by atoms with Crippen LogP contribution in [0.1, 0.15) is 25.6 Å². The number of aryl methyl sites for hydroxylation is 1. The first-order valence-corrected chi connectivity index (χ1v) is 5.75. The molecular weight excluding hydrogens is 216 g/mol. The van der Waals surface area contributed by atoms with Gasteiger partial charge in [0.25, 0.3) is 0 Å². The molecule has 1 saturated carbocycles. The van der Waals surface area contributed by atoms with Gasteiger partial charge in [-0.05, 0) is 26.7 Å². The molecule has 90 valence electrons. The lowest BCUT2D eigenvalue weighted by Crippen LogP contribution is -2.14. The summed E-state index contributed by atoms with van der Waals surface area (Å²) in [5, 5.41) is 0.876. The fourth-order valence-corrected chi connectivity index (χ4v) is 2.27. The number of methoxy groups -OCH3 is 1. The predicted octanol–water partition coefficient (Wildman–Crippen LogP) is 1.84. The lowest BCUT2D eigenvalue weighted by molar-refractivity contribution is 0.353. The Balaban J connectivity index is 2.38. The average molecular weight is 232 g/mol. The second kappa shape index (κ2) is 3.12. The van der Waals surface area contributed by atoms with Gasteiger partial charge in [0.05, 0.1) is 12.5 Å². The van der Waals surface area contributed by atoms with Crippen LogP contribution in [0, 0.1) is 6.92 Å². The fraction of sp³-hybridized carbons (Fsp3) is 0.500. The predicted molar refractivity (Wildman–Crippen MR) is 66.1 cm³/mol. The first kappa shape index (κ1) is 10.4. The maximum absolute atomic E-state index is 5.94. The topological polar surface area (TPSA) is 66.0 Å². The molecule has 0 saturated heterocycles. The van der Waals surface area contributed by atoms with Gasteiger partial charge in [-0.3, -0.25) is 4.57 Å². The molecule has 3 rings (SSSR count). The number of fused-ring (bicyclic) bond motifs is 1. The van der Waals surface area contributed by atoms with Crippen molar-refractivity contribution in [3.05, 3.63) is 11.9 Å². The van der Waals surface area contributed by atoms with Gasteiger partial charge < -0.3 is 10.5 Å². The van der Waals surface area contributed by atoms with E-state index in [1.807, 2.05) is 13.0 Å². The summed E-state index contributed by atoms with van der Waals surface area (Å²) in [4.78, 5) is 8.69. The summed E-state index contributed by atoms with van der Waals surface area (Å²) in [5.41, 5.74) is 6.94. The first-order chi connectivity index (χ1) is 8.05. The largest absolute Gasteiger partial charge is 0.482 e. The average Bonchev–Trinajstić information content (AvgIpc) is 2.89. The molecule has 2 N–H and O–H groups in total. The fourth-order valence-electron chi connectivity index (χ4n) is 2.27. The van der Waals surface area contributed by atoms with Gasteiger partial charge in [-0.2, -0.15) is 0 Å². The van der Waals surface area contributed by atoms with E-state index in [0.29, 0.717) is 11.6 Å². The zero-order chi connectivity index (χ0) is 12.2. The molecule has 1 aliphatic rings. The van der Waals surface area contributed by atoms with Crippen LogP contribution in [0.25, 0.3) is 11.0 Å². The first-order valence-electron chi connectivity index (χ1n) is 5.75. The van der Waals surface area contributed by atoms with Crippen LogP contribution in [-0.2, 0) is 5.54 Å². The highest BCUT2D eigenvalue weighted by atomic mass is 16.5. The molecular formula is C12H16N4O. The minimum atomic E-state index is 0.125. The highest BCUT2D eigenvalue weighted by molar-refractivity contribution is 5.88. The molecule has 0 aliphatic heterocycles.